The van der Waals surface area contributed by atoms with Gasteiger partial charge in [0, 0.05) is 19.0 Å². The fourth-order valence-corrected chi connectivity index (χ4v) is 3.55. The van der Waals surface area contributed by atoms with Gasteiger partial charge < -0.3 is 9.84 Å². The van der Waals surface area contributed by atoms with Gasteiger partial charge in [0.2, 0.25) is 0 Å². The molecule has 0 aliphatic carbocycles. The summed E-state index contributed by atoms with van der Waals surface area (Å²) >= 11 is 10.3. The minimum atomic E-state index is -0.753. The number of halogens is 3. The van der Waals surface area contributed by atoms with Crippen molar-refractivity contribution in [2.75, 3.05) is 6.61 Å². The van der Waals surface area contributed by atoms with Gasteiger partial charge in [0.05, 0.1) is 6.61 Å². The summed E-state index contributed by atoms with van der Waals surface area (Å²) in [6, 6.07) is 11.3. The number of benzene rings is 2. The van der Waals surface area contributed by atoms with Crippen LogP contribution in [0.15, 0.2) is 49.8 Å². The Balaban J connectivity index is 2.46. The fourth-order valence-electron chi connectivity index (χ4n) is 1.91. The van der Waals surface area contributed by atoms with Crippen molar-refractivity contribution < 1.29 is 9.84 Å². The van der Waals surface area contributed by atoms with E-state index in [0.717, 1.165) is 24.5 Å². The van der Waals surface area contributed by atoms with Crippen LogP contribution < -0.4 is 4.74 Å². The second-order valence-corrected chi connectivity index (χ2v) is 6.87. The van der Waals surface area contributed by atoms with Crippen LogP contribution in [0.3, 0.4) is 0 Å². The van der Waals surface area contributed by atoms with Crippen LogP contribution in [0.4, 0.5) is 0 Å². The predicted molar refractivity (Wildman–Crippen MR) is 91.2 cm³/mol. The van der Waals surface area contributed by atoms with Crippen molar-refractivity contribution in [2.24, 2.45) is 0 Å². The first-order chi connectivity index (χ1) is 9.52. The highest BCUT2D eigenvalue weighted by atomic mass is 79.9. The van der Waals surface area contributed by atoms with Gasteiger partial charge in [-0.05, 0) is 42.8 Å². The van der Waals surface area contributed by atoms with Crippen molar-refractivity contribution in [3.8, 4) is 5.75 Å². The van der Waals surface area contributed by atoms with Gasteiger partial charge in [0.15, 0.2) is 0 Å². The average molecular weight is 465 g/mol. The molecule has 2 aromatic rings. The lowest BCUT2D eigenvalue weighted by Crippen LogP contribution is -2.05. The molecule has 0 radical (unpaired) electrons. The van der Waals surface area contributed by atoms with E-state index in [-0.39, 0.29) is 0 Å². The molecule has 2 rings (SSSR count). The lowest BCUT2D eigenvalue weighted by Gasteiger charge is -2.18. The number of aliphatic hydroxyl groups is 1. The normalized spacial score (nSPS) is 12.2. The van der Waals surface area contributed by atoms with E-state index in [4.69, 9.17) is 4.74 Å². The maximum atomic E-state index is 10.6. The first-order valence-corrected chi connectivity index (χ1v) is 8.46. The molecule has 0 amide bonds. The molecule has 1 N–H and O–H groups in total. The molecule has 20 heavy (non-hydrogen) atoms. The quantitative estimate of drug-likeness (QED) is 0.651. The minimum Gasteiger partial charge on any atom is -0.493 e. The van der Waals surface area contributed by atoms with Gasteiger partial charge in [-0.25, -0.2) is 0 Å². The number of aliphatic hydroxyl groups excluding tert-OH is 1. The summed E-state index contributed by atoms with van der Waals surface area (Å²) in [6.45, 7) is 2.48. The average Bonchev–Trinajstić information content (AvgIpc) is 2.40. The van der Waals surface area contributed by atoms with Crippen LogP contribution in [0.2, 0.25) is 0 Å². The van der Waals surface area contributed by atoms with Gasteiger partial charge in [-0.3, -0.25) is 0 Å². The molecule has 0 fully saturated rings. The maximum absolute atomic E-state index is 10.6. The highest BCUT2D eigenvalue weighted by Crippen LogP contribution is 2.36. The third kappa shape index (κ3) is 3.64. The van der Waals surface area contributed by atoms with Crippen LogP contribution >= 0.6 is 47.8 Å². The van der Waals surface area contributed by atoms with Gasteiger partial charge in [0.1, 0.15) is 11.9 Å². The summed E-state index contributed by atoms with van der Waals surface area (Å²) in [5, 5.41) is 10.6. The number of ether oxygens (including phenoxy) is 1. The summed E-state index contributed by atoms with van der Waals surface area (Å²) in [5.41, 5.74) is 1.54. The highest BCUT2D eigenvalue weighted by molar-refractivity contribution is 9.11. The van der Waals surface area contributed by atoms with Gasteiger partial charge in [0.25, 0.3) is 0 Å². The number of rotatable bonds is 4. The van der Waals surface area contributed by atoms with E-state index < -0.39 is 6.10 Å². The smallest absolute Gasteiger partial charge is 0.125 e. The van der Waals surface area contributed by atoms with Crippen molar-refractivity contribution in [2.45, 2.75) is 13.0 Å². The Labute approximate surface area is 143 Å². The molecular formula is C15H13Br3O2. The Kier molecular flexibility index (Phi) is 5.66. The van der Waals surface area contributed by atoms with Gasteiger partial charge in [-0.1, -0.05) is 53.9 Å². The monoisotopic (exact) mass is 462 g/mol. The summed E-state index contributed by atoms with van der Waals surface area (Å²) in [7, 11) is 0. The molecule has 0 aliphatic rings. The van der Waals surface area contributed by atoms with Crippen molar-refractivity contribution in [3.05, 3.63) is 60.9 Å². The predicted octanol–water partition coefficient (Wildman–Crippen LogP) is 5.45. The second kappa shape index (κ2) is 7.07. The molecule has 0 saturated carbocycles. The Bertz CT molecular complexity index is 614. The summed E-state index contributed by atoms with van der Waals surface area (Å²) in [5.74, 6) is 0.693. The van der Waals surface area contributed by atoms with E-state index >= 15 is 0 Å². The molecule has 0 aliphatic heterocycles. The van der Waals surface area contributed by atoms with Crippen molar-refractivity contribution in [3.63, 3.8) is 0 Å². The fraction of sp³-hybridized carbons (Fsp3) is 0.200. The summed E-state index contributed by atoms with van der Waals surface area (Å²) in [4.78, 5) is 0. The molecule has 1 atom stereocenters. The summed E-state index contributed by atoms with van der Waals surface area (Å²) in [6.07, 6.45) is -0.753. The van der Waals surface area contributed by atoms with E-state index in [1.807, 2.05) is 43.3 Å². The van der Waals surface area contributed by atoms with Gasteiger partial charge >= 0.3 is 0 Å². The number of hydrogen-bond donors (Lipinski definition) is 1. The Morgan fingerprint density at radius 2 is 1.65 bits per heavy atom. The molecule has 0 bridgehead atoms. The molecule has 5 heteroatoms. The molecule has 0 spiro atoms. The molecule has 1 unspecified atom stereocenters. The maximum Gasteiger partial charge on any atom is 0.125 e. The van der Waals surface area contributed by atoms with Crippen LogP contribution in [0.1, 0.15) is 24.2 Å². The highest BCUT2D eigenvalue weighted by Gasteiger charge is 2.18. The van der Waals surface area contributed by atoms with Crippen molar-refractivity contribution in [1.29, 1.82) is 0 Å². The van der Waals surface area contributed by atoms with Crippen LogP contribution in [-0.2, 0) is 0 Å². The zero-order valence-corrected chi connectivity index (χ0v) is 15.5. The largest absolute Gasteiger partial charge is 0.493 e. The van der Waals surface area contributed by atoms with Gasteiger partial charge in [-0.2, -0.15) is 0 Å². The standard InChI is InChI=1S/C15H13Br3O2/c1-2-20-14-6-4-9(16)7-12(14)15(19)11-5-3-10(17)8-13(11)18/h3-8,15,19H,2H2,1H3. The molecule has 0 aromatic heterocycles. The zero-order valence-electron chi connectivity index (χ0n) is 10.7. The Morgan fingerprint density at radius 1 is 1.00 bits per heavy atom. The molecule has 106 valence electrons. The second-order valence-electron chi connectivity index (χ2n) is 4.18. The molecule has 2 nitrogen and oxygen atoms in total. The van der Waals surface area contributed by atoms with Crippen LogP contribution in [0.25, 0.3) is 0 Å². The van der Waals surface area contributed by atoms with E-state index in [1.54, 1.807) is 0 Å². The molecule has 0 saturated heterocycles. The van der Waals surface area contributed by atoms with Crippen LogP contribution in [-0.4, -0.2) is 11.7 Å². The SMILES string of the molecule is CCOc1ccc(Br)cc1C(O)c1ccc(Br)cc1Br. The third-order valence-electron chi connectivity index (χ3n) is 2.82. The van der Waals surface area contributed by atoms with E-state index in [9.17, 15) is 5.11 Å². The van der Waals surface area contributed by atoms with Crippen LogP contribution in [0.5, 0.6) is 5.75 Å². The summed E-state index contributed by atoms with van der Waals surface area (Å²) < 4.78 is 8.31. The van der Waals surface area contributed by atoms with E-state index in [1.165, 1.54) is 0 Å². The third-order valence-corrected chi connectivity index (χ3v) is 4.50. The Morgan fingerprint density at radius 3 is 2.30 bits per heavy atom. The lowest BCUT2D eigenvalue weighted by atomic mass is 10.0. The van der Waals surface area contributed by atoms with E-state index in [0.29, 0.717) is 12.4 Å². The topological polar surface area (TPSA) is 29.5 Å². The van der Waals surface area contributed by atoms with Crippen molar-refractivity contribution >= 4 is 47.8 Å². The van der Waals surface area contributed by atoms with Gasteiger partial charge in [-0.15, -0.1) is 0 Å². The molecule has 2 aromatic carbocycles. The number of hydrogen-bond acceptors (Lipinski definition) is 2. The minimum absolute atomic E-state index is 0.558. The first-order valence-electron chi connectivity index (χ1n) is 6.08. The van der Waals surface area contributed by atoms with Crippen molar-refractivity contribution in [1.82, 2.24) is 0 Å². The van der Waals surface area contributed by atoms with Crippen LogP contribution in [0, 0.1) is 0 Å². The first kappa shape index (κ1) is 16.0. The molecular weight excluding hydrogens is 452 g/mol. The van der Waals surface area contributed by atoms with E-state index in [2.05, 4.69) is 47.8 Å². The Hall–Kier alpha value is -0.360. The lowest BCUT2D eigenvalue weighted by molar-refractivity contribution is 0.211. The molecule has 0 heterocycles. The zero-order chi connectivity index (χ0) is 14.7.